The number of hydrogen-bond donors (Lipinski definition) is 1. The van der Waals surface area contributed by atoms with Gasteiger partial charge in [0.05, 0.1) is 11.2 Å². The van der Waals surface area contributed by atoms with Gasteiger partial charge in [-0.15, -0.1) is 0 Å². The summed E-state index contributed by atoms with van der Waals surface area (Å²) in [4.78, 5) is 28.3. The number of H-pyrrole nitrogens is 1. The molecule has 3 aliphatic rings. The van der Waals surface area contributed by atoms with Crippen LogP contribution in [-0.2, 0) is 4.74 Å². The average molecular weight is 548 g/mol. The molecule has 2 saturated heterocycles. The first-order valence-electron chi connectivity index (χ1n) is 14.6. The van der Waals surface area contributed by atoms with Crippen molar-refractivity contribution in [2.75, 3.05) is 50.7 Å². The number of aromatic nitrogens is 4. The third kappa shape index (κ3) is 6.16. The van der Waals surface area contributed by atoms with Gasteiger partial charge in [-0.2, -0.15) is 5.10 Å². The van der Waals surface area contributed by atoms with Crippen LogP contribution in [-0.4, -0.2) is 93.1 Å². The highest BCUT2D eigenvalue weighted by atomic mass is 16.6. The lowest BCUT2D eigenvalue weighted by Gasteiger charge is -2.39. The van der Waals surface area contributed by atoms with E-state index in [-0.39, 0.29) is 11.7 Å². The van der Waals surface area contributed by atoms with Gasteiger partial charge in [0, 0.05) is 57.3 Å². The maximum absolute atomic E-state index is 12.4. The Kier molecular flexibility index (Phi) is 7.06. The lowest BCUT2D eigenvalue weighted by Crippen LogP contribution is -2.49. The number of amides is 1. The number of anilines is 1. The number of benzene rings is 1. The molecule has 1 saturated carbocycles. The minimum atomic E-state index is -0.448. The van der Waals surface area contributed by atoms with Gasteiger partial charge in [-0.05, 0) is 77.5 Å². The molecule has 3 aromatic rings. The number of piperidine rings is 1. The summed E-state index contributed by atoms with van der Waals surface area (Å²) in [5.74, 6) is 2.42. The van der Waals surface area contributed by atoms with E-state index >= 15 is 0 Å². The van der Waals surface area contributed by atoms with Crippen molar-refractivity contribution in [3.05, 3.63) is 30.6 Å². The lowest BCUT2D eigenvalue weighted by molar-refractivity contribution is 0.0169. The fourth-order valence-corrected chi connectivity index (χ4v) is 5.61. The first-order chi connectivity index (χ1) is 19.1. The molecule has 40 heavy (non-hydrogen) atoms. The van der Waals surface area contributed by atoms with E-state index in [2.05, 4.69) is 43.0 Å². The minimum absolute atomic E-state index is 0.0285. The highest BCUT2D eigenvalue weighted by Crippen LogP contribution is 2.40. The van der Waals surface area contributed by atoms with Crippen LogP contribution in [0.25, 0.3) is 22.3 Å². The molecule has 1 amide bonds. The van der Waals surface area contributed by atoms with Crippen LogP contribution >= 0.6 is 0 Å². The Hall–Kier alpha value is -3.40. The molecule has 1 aromatic carbocycles. The second-order valence-corrected chi connectivity index (χ2v) is 12.8. The van der Waals surface area contributed by atoms with Crippen LogP contribution < -0.4 is 9.64 Å². The van der Waals surface area contributed by atoms with Crippen molar-refractivity contribution >= 4 is 22.8 Å². The Morgan fingerprint density at radius 3 is 2.50 bits per heavy atom. The van der Waals surface area contributed by atoms with E-state index in [0.717, 1.165) is 105 Å². The summed E-state index contributed by atoms with van der Waals surface area (Å²) >= 11 is 0. The van der Waals surface area contributed by atoms with Gasteiger partial charge in [-0.25, -0.2) is 14.8 Å². The van der Waals surface area contributed by atoms with Gasteiger partial charge in [0.15, 0.2) is 0 Å². The molecule has 1 N–H and O–H groups in total. The van der Waals surface area contributed by atoms with Crippen LogP contribution in [0.3, 0.4) is 0 Å². The number of rotatable bonds is 6. The average Bonchev–Trinajstić information content (AvgIpc) is 3.50. The van der Waals surface area contributed by atoms with Crippen molar-refractivity contribution in [1.82, 2.24) is 30.0 Å². The Balaban J connectivity index is 1.04. The summed E-state index contributed by atoms with van der Waals surface area (Å²) in [7, 11) is 0. The fourth-order valence-electron chi connectivity index (χ4n) is 5.61. The third-order valence-electron chi connectivity index (χ3n) is 8.23. The smallest absolute Gasteiger partial charge is 0.410 e. The van der Waals surface area contributed by atoms with E-state index in [1.54, 1.807) is 6.33 Å². The zero-order chi connectivity index (χ0) is 27.9. The number of carbonyl (C=O) groups excluding carboxylic acids is 1. The number of aromatic amines is 1. The van der Waals surface area contributed by atoms with Gasteiger partial charge < -0.3 is 19.3 Å². The predicted octanol–water partition coefficient (Wildman–Crippen LogP) is 4.72. The SMILES string of the molecule is CC(C)(C)OC(=O)N1CCC(CN2CCN(c3cc(-c4n[nH]c5ccc(OC6(C)CC6)cc45)ncn3)CC2)CC1. The zero-order valence-electron chi connectivity index (χ0n) is 24.2. The summed E-state index contributed by atoms with van der Waals surface area (Å²) in [6.45, 7) is 14.4. The molecule has 214 valence electrons. The van der Waals surface area contributed by atoms with Crippen LogP contribution in [0.4, 0.5) is 10.6 Å². The maximum atomic E-state index is 12.4. The molecular formula is C30H41N7O3. The Labute approximate surface area is 236 Å². The molecule has 0 spiro atoms. The van der Waals surface area contributed by atoms with Crippen molar-refractivity contribution < 1.29 is 14.3 Å². The summed E-state index contributed by atoms with van der Waals surface area (Å²) in [5.41, 5.74) is 2.12. The third-order valence-corrected chi connectivity index (χ3v) is 8.23. The Morgan fingerprint density at radius 2 is 1.80 bits per heavy atom. The van der Waals surface area contributed by atoms with Gasteiger partial charge in [-0.1, -0.05) is 0 Å². The van der Waals surface area contributed by atoms with Crippen molar-refractivity contribution in [1.29, 1.82) is 0 Å². The molecule has 1 aliphatic carbocycles. The molecule has 0 atom stereocenters. The topological polar surface area (TPSA) is 99.7 Å². The molecule has 6 rings (SSSR count). The first-order valence-corrected chi connectivity index (χ1v) is 14.6. The summed E-state index contributed by atoms with van der Waals surface area (Å²) in [5, 5.41) is 8.73. The predicted molar refractivity (Wildman–Crippen MR) is 155 cm³/mol. The monoisotopic (exact) mass is 547 g/mol. The van der Waals surface area contributed by atoms with E-state index in [9.17, 15) is 4.79 Å². The molecule has 4 heterocycles. The molecule has 2 aliphatic heterocycles. The van der Waals surface area contributed by atoms with Crippen molar-refractivity contribution in [3.63, 3.8) is 0 Å². The molecule has 0 bridgehead atoms. The highest BCUT2D eigenvalue weighted by molar-refractivity contribution is 5.93. The summed E-state index contributed by atoms with van der Waals surface area (Å²) in [6, 6.07) is 8.14. The number of piperazine rings is 1. The second kappa shape index (κ2) is 10.5. The maximum Gasteiger partial charge on any atom is 0.410 e. The first kappa shape index (κ1) is 26.8. The largest absolute Gasteiger partial charge is 0.488 e. The van der Waals surface area contributed by atoms with E-state index in [0.29, 0.717) is 5.92 Å². The highest BCUT2D eigenvalue weighted by Gasteiger charge is 2.40. The van der Waals surface area contributed by atoms with Crippen molar-refractivity contribution in [2.45, 2.75) is 64.6 Å². The number of fused-ring (bicyclic) bond motifs is 1. The Morgan fingerprint density at radius 1 is 1.05 bits per heavy atom. The van der Waals surface area contributed by atoms with Crippen LogP contribution in [0.5, 0.6) is 5.75 Å². The molecule has 0 unspecified atom stereocenters. The Bertz CT molecular complexity index is 1350. The van der Waals surface area contributed by atoms with E-state index < -0.39 is 5.60 Å². The molecule has 3 fully saturated rings. The van der Waals surface area contributed by atoms with Crippen molar-refractivity contribution in [2.24, 2.45) is 5.92 Å². The molecule has 2 aromatic heterocycles. The summed E-state index contributed by atoms with van der Waals surface area (Å²) in [6.07, 6.45) is 5.70. The second-order valence-electron chi connectivity index (χ2n) is 12.8. The standard InChI is InChI=1S/C30H41N7O3/c1-29(2,3)40-28(38)37-11-7-21(8-12-37)19-35-13-15-36(16-14-35)26-18-25(31-20-32-26)27-23-17-22(39-30(4)9-10-30)5-6-24(23)33-34-27/h5-6,17-18,20-21H,7-16,19H2,1-4H3,(H,33,34). The number of nitrogens with zero attached hydrogens (tertiary/aromatic N) is 6. The molecule has 0 radical (unpaired) electrons. The number of nitrogens with one attached hydrogen (secondary N) is 1. The summed E-state index contributed by atoms with van der Waals surface area (Å²) < 4.78 is 11.7. The molecule has 10 heteroatoms. The van der Waals surface area contributed by atoms with Gasteiger partial charge in [0.25, 0.3) is 0 Å². The number of likely N-dealkylation sites (tertiary alicyclic amines) is 1. The van der Waals surface area contributed by atoms with Gasteiger partial charge >= 0.3 is 6.09 Å². The van der Waals surface area contributed by atoms with Gasteiger partial charge in [-0.3, -0.25) is 10.00 Å². The van der Waals surface area contributed by atoms with Gasteiger partial charge in [0.1, 0.15) is 34.8 Å². The van der Waals surface area contributed by atoms with Crippen LogP contribution in [0.15, 0.2) is 30.6 Å². The van der Waals surface area contributed by atoms with Crippen LogP contribution in [0, 0.1) is 5.92 Å². The van der Waals surface area contributed by atoms with Crippen LogP contribution in [0.2, 0.25) is 0 Å². The number of carbonyl (C=O) groups is 1. The zero-order valence-corrected chi connectivity index (χ0v) is 24.2. The van der Waals surface area contributed by atoms with Crippen molar-refractivity contribution in [3.8, 4) is 17.1 Å². The normalized spacial score (nSPS) is 20.1. The van der Waals surface area contributed by atoms with E-state index in [1.165, 1.54) is 0 Å². The van der Waals surface area contributed by atoms with E-state index in [4.69, 9.17) is 9.47 Å². The molecular weight excluding hydrogens is 506 g/mol. The minimum Gasteiger partial charge on any atom is -0.488 e. The quantitative estimate of drug-likeness (QED) is 0.473. The number of hydrogen-bond acceptors (Lipinski definition) is 8. The van der Waals surface area contributed by atoms with Crippen LogP contribution in [0.1, 0.15) is 53.4 Å². The van der Waals surface area contributed by atoms with E-state index in [1.807, 2.05) is 43.9 Å². The number of ether oxygens (including phenoxy) is 2. The fraction of sp³-hybridized carbons (Fsp3) is 0.600. The molecule has 10 nitrogen and oxygen atoms in total. The van der Waals surface area contributed by atoms with Gasteiger partial charge in [0.2, 0.25) is 0 Å². The lowest BCUT2D eigenvalue weighted by atomic mass is 9.96.